The van der Waals surface area contributed by atoms with Gasteiger partial charge in [-0.05, 0) is 45.4 Å². The normalized spacial score (nSPS) is 16.1. The van der Waals surface area contributed by atoms with E-state index in [4.69, 9.17) is 15.3 Å². The van der Waals surface area contributed by atoms with Gasteiger partial charge in [-0.3, -0.25) is 0 Å². The van der Waals surface area contributed by atoms with Crippen LogP contribution >= 0.6 is 0 Å². The molecule has 1 fully saturated rings. The fraction of sp³-hybridized carbons (Fsp3) is 0.421. The minimum Gasteiger partial charge on any atom is -0.444 e. The summed E-state index contributed by atoms with van der Waals surface area (Å²) in [5.41, 5.74) is 0.477. The van der Waals surface area contributed by atoms with Crippen LogP contribution in [-0.2, 0) is 4.74 Å². The van der Waals surface area contributed by atoms with Crippen LogP contribution in [0.15, 0.2) is 30.0 Å². The van der Waals surface area contributed by atoms with Gasteiger partial charge in [0.15, 0.2) is 0 Å². The molecule has 1 amide bonds. The second-order valence-electron chi connectivity index (χ2n) is 7.17. The van der Waals surface area contributed by atoms with Gasteiger partial charge in [-0.2, -0.15) is 10.5 Å². The number of benzene rings is 1. The quantitative estimate of drug-likeness (QED) is 0.788. The minimum atomic E-state index is -0.568. The fourth-order valence-corrected chi connectivity index (χ4v) is 2.71. The molecule has 142 valence electrons. The van der Waals surface area contributed by atoms with Gasteiger partial charge < -0.3 is 20.3 Å². The van der Waals surface area contributed by atoms with E-state index < -0.39 is 17.5 Å². The molecule has 0 aromatic heterocycles. The maximum Gasteiger partial charge on any atom is 0.407 e. The summed E-state index contributed by atoms with van der Waals surface area (Å²) in [5.74, 6) is -0.437. The number of carbonyl (C=O) groups excluding carboxylic acids is 1. The highest BCUT2D eigenvalue weighted by Crippen LogP contribution is 2.30. The molecule has 0 saturated carbocycles. The van der Waals surface area contributed by atoms with Crippen molar-refractivity contribution in [3.8, 4) is 12.1 Å². The van der Waals surface area contributed by atoms with E-state index in [-0.39, 0.29) is 11.6 Å². The summed E-state index contributed by atoms with van der Waals surface area (Å²) in [6, 6.07) is 7.65. The van der Waals surface area contributed by atoms with Crippen molar-refractivity contribution in [3.63, 3.8) is 0 Å². The molecule has 7 nitrogen and oxygen atoms in total. The average Bonchev–Trinajstić information content (AvgIpc) is 3.02. The fourth-order valence-electron chi connectivity index (χ4n) is 2.71. The van der Waals surface area contributed by atoms with Gasteiger partial charge in [-0.1, -0.05) is 0 Å². The van der Waals surface area contributed by atoms with Crippen molar-refractivity contribution in [3.05, 3.63) is 35.8 Å². The zero-order chi connectivity index (χ0) is 20.0. The molecule has 0 spiro atoms. The third-order valence-corrected chi connectivity index (χ3v) is 3.82. The highest BCUT2D eigenvalue weighted by atomic mass is 19.1. The Hall–Kier alpha value is -3.26. The van der Waals surface area contributed by atoms with Crippen LogP contribution in [0.3, 0.4) is 0 Å². The van der Waals surface area contributed by atoms with Gasteiger partial charge in [0.25, 0.3) is 0 Å². The van der Waals surface area contributed by atoms with Crippen LogP contribution < -0.4 is 15.5 Å². The lowest BCUT2D eigenvalue weighted by Crippen LogP contribution is -2.40. The Balaban J connectivity index is 2.09. The molecule has 1 saturated heterocycles. The van der Waals surface area contributed by atoms with Crippen molar-refractivity contribution in [2.45, 2.75) is 38.8 Å². The number of nitrogens with one attached hydrogen (secondary N) is 2. The number of hydrogen-bond donors (Lipinski definition) is 2. The molecular formula is C19H22FN5O2. The number of hydrogen-bond acceptors (Lipinski definition) is 6. The summed E-state index contributed by atoms with van der Waals surface area (Å²) in [5, 5.41) is 23.3. The molecule has 1 aromatic rings. The summed E-state index contributed by atoms with van der Waals surface area (Å²) >= 11 is 0. The third kappa shape index (κ3) is 5.89. The lowest BCUT2D eigenvalue weighted by atomic mass is 10.2. The van der Waals surface area contributed by atoms with Crippen molar-refractivity contribution < 1.29 is 13.9 Å². The second kappa shape index (κ2) is 8.41. The molecule has 1 aromatic carbocycles. The van der Waals surface area contributed by atoms with Crippen molar-refractivity contribution in [2.24, 2.45) is 0 Å². The summed E-state index contributed by atoms with van der Waals surface area (Å²) in [4.78, 5) is 13.9. The molecule has 1 unspecified atom stereocenters. The molecule has 1 aliphatic rings. The largest absolute Gasteiger partial charge is 0.444 e. The van der Waals surface area contributed by atoms with Gasteiger partial charge in [-0.25, -0.2) is 9.18 Å². The zero-order valence-electron chi connectivity index (χ0n) is 15.5. The maximum atomic E-state index is 13.6. The van der Waals surface area contributed by atoms with Gasteiger partial charge >= 0.3 is 6.09 Å². The number of nitriles is 2. The Labute approximate surface area is 158 Å². The molecule has 0 radical (unpaired) electrons. The van der Waals surface area contributed by atoms with Crippen molar-refractivity contribution >= 4 is 17.5 Å². The molecule has 2 rings (SSSR count). The van der Waals surface area contributed by atoms with E-state index in [1.54, 1.807) is 39.0 Å². The summed E-state index contributed by atoms with van der Waals surface area (Å²) in [6.07, 6.45) is 1.49. The minimum absolute atomic E-state index is 0.0953. The molecule has 1 atom stereocenters. The van der Waals surface area contributed by atoms with Gasteiger partial charge in [0.1, 0.15) is 29.1 Å². The lowest BCUT2D eigenvalue weighted by molar-refractivity contribution is 0.0509. The lowest BCUT2D eigenvalue weighted by Gasteiger charge is -2.23. The van der Waals surface area contributed by atoms with E-state index in [0.717, 1.165) is 5.69 Å². The molecule has 1 aliphatic heterocycles. The number of rotatable bonds is 4. The Bertz CT molecular complexity index is 801. The van der Waals surface area contributed by atoms with Gasteiger partial charge in [0.05, 0.1) is 17.4 Å². The van der Waals surface area contributed by atoms with Crippen LogP contribution in [0.5, 0.6) is 0 Å². The number of halogens is 1. The summed E-state index contributed by atoms with van der Waals surface area (Å²) < 4.78 is 18.9. The molecule has 27 heavy (non-hydrogen) atoms. The third-order valence-electron chi connectivity index (χ3n) is 3.82. The monoisotopic (exact) mass is 371 g/mol. The van der Waals surface area contributed by atoms with E-state index in [2.05, 4.69) is 10.6 Å². The second-order valence-corrected chi connectivity index (χ2v) is 7.17. The van der Waals surface area contributed by atoms with Crippen LogP contribution in [0.25, 0.3) is 0 Å². The van der Waals surface area contributed by atoms with E-state index in [0.29, 0.717) is 25.2 Å². The SMILES string of the molecule is CC(C)(C)OC(=O)NC1CCN(c2ccc(F)cc2NC=C(C#N)C#N)C1. The Morgan fingerprint density at radius 2 is 2.07 bits per heavy atom. The van der Waals surface area contributed by atoms with Crippen LogP contribution in [-0.4, -0.2) is 30.8 Å². The average molecular weight is 371 g/mol. The number of anilines is 2. The first-order valence-electron chi connectivity index (χ1n) is 8.53. The van der Waals surface area contributed by atoms with Gasteiger partial charge in [0.2, 0.25) is 0 Å². The predicted molar refractivity (Wildman–Crippen MR) is 99.3 cm³/mol. The van der Waals surface area contributed by atoms with Crippen molar-refractivity contribution in [2.75, 3.05) is 23.3 Å². The van der Waals surface area contributed by atoms with Crippen LogP contribution in [0.4, 0.5) is 20.6 Å². The molecule has 2 N–H and O–H groups in total. The van der Waals surface area contributed by atoms with Crippen LogP contribution in [0.2, 0.25) is 0 Å². The molecule has 8 heteroatoms. The Morgan fingerprint density at radius 1 is 1.37 bits per heavy atom. The van der Waals surface area contributed by atoms with Gasteiger partial charge in [-0.15, -0.1) is 0 Å². The summed E-state index contributed by atoms with van der Waals surface area (Å²) in [6.45, 7) is 6.59. The van der Waals surface area contributed by atoms with E-state index in [1.165, 1.54) is 18.3 Å². The number of ether oxygens (including phenoxy) is 1. The first-order valence-corrected chi connectivity index (χ1v) is 8.53. The van der Waals surface area contributed by atoms with Gasteiger partial charge in [0, 0.05) is 19.3 Å². The maximum absolute atomic E-state index is 13.6. The van der Waals surface area contributed by atoms with Crippen molar-refractivity contribution in [1.29, 1.82) is 10.5 Å². The van der Waals surface area contributed by atoms with E-state index >= 15 is 0 Å². The zero-order valence-corrected chi connectivity index (χ0v) is 15.5. The van der Waals surface area contributed by atoms with E-state index in [1.807, 2.05) is 4.90 Å². The number of alkyl carbamates (subject to hydrolysis) is 1. The molecule has 1 heterocycles. The van der Waals surface area contributed by atoms with Crippen LogP contribution in [0.1, 0.15) is 27.2 Å². The first kappa shape index (κ1) is 20.1. The Morgan fingerprint density at radius 3 is 2.70 bits per heavy atom. The highest BCUT2D eigenvalue weighted by molar-refractivity contribution is 5.73. The molecule has 0 bridgehead atoms. The Kier molecular flexibility index (Phi) is 6.25. The number of allylic oxidation sites excluding steroid dienone is 1. The predicted octanol–water partition coefficient (Wildman–Crippen LogP) is 3.27. The number of nitrogens with zero attached hydrogens (tertiary/aromatic N) is 3. The number of amides is 1. The summed E-state index contributed by atoms with van der Waals surface area (Å²) in [7, 11) is 0. The van der Waals surface area contributed by atoms with E-state index in [9.17, 15) is 9.18 Å². The molecular weight excluding hydrogens is 349 g/mol. The standard InChI is InChI=1S/C19H22FN5O2/c1-19(2,3)27-18(26)24-15-6-7-25(12-15)17-5-4-14(20)8-16(17)23-11-13(9-21)10-22/h4-5,8,11,15,23H,6-7,12H2,1-3H3,(H,24,26). The van der Waals surface area contributed by atoms with Crippen LogP contribution in [0, 0.1) is 28.5 Å². The van der Waals surface area contributed by atoms with Crippen molar-refractivity contribution in [1.82, 2.24) is 5.32 Å². The highest BCUT2D eigenvalue weighted by Gasteiger charge is 2.27. The topological polar surface area (TPSA) is 101 Å². The first-order chi connectivity index (χ1) is 12.7. The molecule has 0 aliphatic carbocycles. The smallest absolute Gasteiger partial charge is 0.407 e. The number of carbonyl (C=O) groups is 1.